The van der Waals surface area contributed by atoms with Crippen molar-refractivity contribution in [1.82, 2.24) is 10.2 Å². The van der Waals surface area contributed by atoms with E-state index in [1.165, 1.54) is 24.2 Å². The zero-order chi connectivity index (χ0) is 19.9. The largest absolute Gasteiger partial charge is 0.449 e. The van der Waals surface area contributed by atoms with Crippen molar-refractivity contribution >= 4 is 17.8 Å². The van der Waals surface area contributed by atoms with Gasteiger partial charge < -0.3 is 15.4 Å². The summed E-state index contributed by atoms with van der Waals surface area (Å²) in [5.41, 5.74) is 2.09. The van der Waals surface area contributed by atoms with Crippen molar-refractivity contribution in [3.05, 3.63) is 29.8 Å². The maximum Gasteiger partial charge on any atom is 0.418 e. The van der Waals surface area contributed by atoms with E-state index in [1.807, 2.05) is 25.1 Å². The molecule has 3 amide bonds. The summed E-state index contributed by atoms with van der Waals surface area (Å²) in [5, 5.41) is 6.29. The number of imide groups is 1. The Labute approximate surface area is 168 Å². The average molecular weight is 388 g/mol. The highest BCUT2D eigenvalue weighted by Gasteiger charge is 2.38. The van der Waals surface area contributed by atoms with E-state index in [9.17, 15) is 9.59 Å². The molecule has 1 aliphatic carbocycles. The summed E-state index contributed by atoms with van der Waals surface area (Å²) in [7, 11) is 0. The van der Waals surface area contributed by atoms with Crippen molar-refractivity contribution in [2.24, 2.45) is 5.92 Å². The number of urea groups is 1. The number of nitrogens with one attached hydrogen (secondary N) is 2. The normalized spacial score (nSPS) is 23.2. The van der Waals surface area contributed by atoms with E-state index >= 15 is 0 Å². The molecule has 1 aromatic rings. The lowest BCUT2D eigenvalue weighted by atomic mass is 9.90. The minimum Gasteiger partial charge on any atom is -0.449 e. The standard InChI is InChI=1S/C22H33N3O3/c1-3-19-14-20(17-11-8-12-18(13-17)23-4-2)24-21(26)25(19)22(27)28-15-16-9-6-5-7-10-16/h8,11-13,16,19-20,23H,3-7,9-10,14-15H2,1-2H3,(H,24,26). The molecule has 1 aromatic carbocycles. The van der Waals surface area contributed by atoms with Crippen LogP contribution >= 0.6 is 0 Å². The van der Waals surface area contributed by atoms with Crippen molar-refractivity contribution in [1.29, 1.82) is 0 Å². The van der Waals surface area contributed by atoms with Gasteiger partial charge in [-0.3, -0.25) is 0 Å². The smallest absolute Gasteiger partial charge is 0.418 e. The van der Waals surface area contributed by atoms with Crippen molar-refractivity contribution in [2.75, 3.05) is 18.5 Å². The molecule has 154 valence electrons. The Morgan fingerprint density at radius 1 is 1.25 bits per heavy atom. The molecule has 1 heterocycles. The molecule has 6 heteroatoms. The Morgan fingerprint density at radius 2 is 2.04 bits per heavy atom. The molecule has 2 aliphatic rings. The fourth-order valence-corrected chi connectivity index (χ4v) is 4.30. The third kappa shape index (κ3) is 4.97. The number of amides is 3. The third-order valence-electron chi connectivity index (χ3n) is 5.89. The molecule has 6 nitrogen and oxygen atoms in total. The molecule has 1 aliphatic heterocycles. The highest BCUT2D eigenvalue weighted by Crippen LogP contribution is 2.30. The Morgan fingerprint density at radius 3 is 2.75 bits per heavy atom. The van der Waals surface area contributed by atoms with Crippen LogP contribution in [0, 0.1) is 5.92 Å². The summed E-state index contributed by atoms with van der Waals surface area (Å²) in [6.45, 7) is 5.33. The molecule has 1 saturated heterocycles. The molecule has 0 radical (unpaired) electrons. The van der Waals surface area contributed by atoms with Crippen LogP contribution in [0.3, 0.4) is 0 Å². The number of ether oxygens (including phenoxy) is 1. The maximum absolute atomic E-state index is 12.7. The van der Waals surface area contributed by atoms with Crippen LogP contribution in [0.4, 0.5) is 15.3 Å². The second-order valence-electron chi connectivity index (χ2n) is 7.91. The number of carbonyl (C=O) groups is 2. The molecule has 1 saturated carbocycles. The quantitative estimate of drug-likeness (QED) is 0.715. The monoisotopic (exact) mass is 387 g/mol. The first kappa shape index (κ1) is 20.5. The van der Waals surface area contributed by atoms with Crippen LogP contribution in [0.5, 0.6) is 0 Å². The first-order chi connectivity index (χ1) is 13.6. The summed E-state index contributed by atoms with van der Waals surface area (Å²) in [6, 6.07) is 7.49. The number of carbonyl (C=O) groups excluding carboxylic acids is 2. The SMILES string of the molecule is CCNc1cccc(C2CC(CC)N(C(=O)OCC3CCCCC3)C(=O)N2)c1. The van der Waals surface area contributed by atoms with E-state index in [1.54, 1.807) is 0 Å². The van der Waals surface area contributed by atoms with Gasteiger partial charge in [-0.2, -0.15) is 0 Å². The minimum absolute atomic E-state index is 0.0987. The zero-order valence-corrected chi connectivity index (χ0v) is 17.1. The van der Waals surface area contributed by atoms with E-state index in [0.717, 1.165) is 37.1 Å². The fraction of sp³-hybridized carbons (Fsp3) is 0.636. The van der Waals surface area contributed by atoms with Crippen LogP contribution < -0.4 is 10.6 Å². The average Bonchev–Trinajstić information content (AvgIpc) is 2.72. The lowest BCUT2D eigenvalue weighted by Gasteiger charge is -2.38. The van der Waals surface area contributed by atoms with Crippen molar-refractivity contribution in [2.45, 2.75) is 70.9 Å². The van der Waals surface area contributed by atoms with Crippen LogP contribution in [-0.4, -0.2) is 36.2 Å². The van der Waals surface area contributed by atoms with Crippen molar-refractivity contribution in [3.8, 4) is 0 Å². The van der Waals surface area contributed by atoms with Crippen LogP contribution in [-0.2, 0) is 4.74 Å². The first-order valence-electron chi connectivity index (χ1n) is 10.7. The van der Waals surface area contributed by atoms with E-state index in [2.05, 4.69) is 23.6 Å². The van der Waals surface area contributed by atoms with Gasteiger partial charge in [0.05, 0.1) is 12.6 Å². The van der Waals surface area contributed by atoms with Gasteiger partial charge in [0, 0.05) is 18.3 Å². The number of nitrogens with zero attached hydrogens (tertiary/aromatic N) is 1. The molecule has 0 aromatic heterocycles. The number of benzene rings is 1. The molecule has 2 unspecified atom stereocenters. The summed E-state index contributed by atoms with van der Waals surface area (Å²) < 4.78 is 5.53. The predicted molar refractivity (Wildman–Crippen MR) is 110 cm³/mol. The number of anilines is 1. The summed E-state index contributed by atoms with van der Waals surface area (Å²) in [5.74, 6) is 0.437. The van der Waals surface area contributed by atoms with Crippen LogP contribution in [0.25, 0.3) is 0 Å². The molecule has 2 N–H and O–H groups in total. The number of rotatable bonds is 6. The lowest BCUT2D eigenvalue weighted by molar-refractivity contribution is 0.0665. The summed E-state index contributed by atoms with van der Waals surface area (Å²) >= 11 is 0. The molecule has 0 bridgehead atoms. The van der Waals surface area contributed by atoms with Crippen molar-refractivity contribution < 1.29 is 14.3 Å². The molecule has 3 rings (SSSR count). The molecule has 2 fully saturated rings. The molecule has 0 spiro atoms. The Hall–Kier alpha value is -2.24. The molecule has 2 atom stereocenters. The molecular weight excluding hydrogens is 354 g/mol. The van der Waals surface area contributed by atoms with Gasteiger partial charge in [-0.05, 0) is 56.2 Å². The third-order valence-corrected chi connectivity index (χ3v) is 5.89. The first-order valence-corrected chi connectivity index (χ1v) is 10.7. The van der Waals surface area contributed by atoms with Gasteiger partial charge in [0.15, 0.2) is 0 Å². The lowest BCUT2D eigenvalue weighted by Crippen LogP contribution is -2.56. The minimum atomic E-state index is -0.505. The van der Waals surface area contributed by atoms with E-state index in [-0.39, 0.29) is 18.1 Å². The Bertz CT molecular complexity index is 673. The Kier molecular flexibility index (Phi) is 7.18. The number of hydrogen-bond donors (Lipinski definition) is 2. The van der Waals surface area contributed by atoms with Gasteiger partial charge in [-0.1, -0.05) is 38.3 Å². The maximum atomic E-state index is 12.7. The predicted octanol–water partition coefficient (Wildman–Crippen LogP) is 5.07. The second-order valence-corrected chi connectivity index (χ2v) is 7.91. The van der Waals surface area contributed by atoms with Crippen LogP contribution in [0.1, 0.15) is 70.4 Å². The van der Waals surface area contributed by atoms with E-state index in [0.29, 0.717) is 18.9 Å². The highest BCUT2D eigenvalue weighted by molar-refractivity contribution is 5.92. The van der Waals surface area contributed by atoms with Gasteiger partial charge in [0.2, 0.25) is 0 Å². The molecular formula is C22H33N3O3. The fourth-order valence-electron chi connectivity index (χ4n) is 4.30. The zero-order valence-electron chi connectivity index (χ0n) is 17.1. The molecule has 28 heavy (non-hydrogen) atoms. The van der Waals surface area contributed by atoms with Crippen molar-refractivity contribution in [3.63, 3.8) is 0 Å². The van der Waals surface area contributed by atoms with E-state index < -0.39 is 6.09 Å². The van der Waals surface area contributed by atoms with Gasteiger partial charge in [-0.25, -0.2) is 14.5 Å². The van der Waals surface area contributed by atoms with Gasteiger partial charge >= 0.3 is 12.1 Å². The summed E-state index contributed by atoms with van der Waals surface area (Å²) in [4.78, 5) is 26.7. The van der Waals surface area contributed by atoms with Crippen LogP contribution in [0.15, 0.2) is 24.3 Å². The van der Waals surface area contributed by atoms with Crippen LogP contribution in [0.2, 0.25) is 0 Å². The van der Waals surface area contributed by atoms with Gasteiger partial charge in [0.25, 0.3) is 0 Å². The second kappa shape index (κ2) is 9.80. The number of hydrogen-bond acceptors (Lipinski definition) is 4. The van der Waals surface area contributed by atoms with Gasteiger partial charge in [0.1, 0.15) is 0 Å². The van der Waals surface area contributed by atoms with E-state index in [4.69, 9.17) is 4.74 Å². The van der Waals surface area contributed by atoms with Gasteiger partial charge in [-0.15, -0.1) is 0 Å². The topological polar surface area (TPSA) is 70.7 Å². The summed E-state index contributed by atoms with van der Waals surface area (Å²) in [6.07, 6.45) is 6.81. The Balaban J connectivity index is 1.63. The highest BCUT2D eigenvalue weighted by atomic mass is 16.6.